The highest BCUT2D eigenvalue weighted by Gasteiger charge is 2.51. The highest BCUT2D eigenvalue weighted by atomic mass is 16.2. The molecule has 2 heterocycles. The summed E-state index contributed by atoms with van der Waals surface area (Å²) < 4.78 is 0. The van der Waals surface area contributed by atoms with Gasteiger partial charge in [0.2, 0.25) is 5.91 Å². The van der Waals surface area contributed by atoms with Crippen LogP contribution in [-0.4, -0.2) is 47.9 Å². The van der Waals surface area contributed by atoms with Gasteiger partial charge in [-0.05, 0) is 45.1 Å². The van der Waals surface area contributed by atoms with Crippen LogP contribution < -0.4 is 0 Å². The van der Waals surface area contributed by atoms with Crippen molar-refractivity contribution in [2.24, 2.45) is 11.3 Å². The molecule has 0 N–H and O–H groups in total. The van der Waals surface area contributed by atoms with E-state index in [-0.39, 0.29) is 5.91 Å². The normalized spacial score (nSPS) is 42.4. The molecule has 3 aliphatic rings. The number of nitriles is 1. The Morgan fingerprint density at radius 3 is 2.58 bits per heavy atom. The number of rotatable bonds is 1. The molecule has 1 saturated carbocycles. The van der Waals surface area contributed by atoms with Crippen molar-refractivity contribution in [3.05, 3.63) is 0 Å². The van der Waals surface area contributed by atoms with Gasteiger partial charge in [-0.2, -0.15) is 5.26 Å². The van der Waals surface area contributed by atoms with Crippen molar-refractivity contribution in [1.29, 1.82) is 5.26 Å². The molecule has 104 valence electrons. The number of carbonyl (C=O) groups is 1. The van der Waals surface area contributed by atoms with Gasteiger partial charge in [-0.15, -0.1) is 0 Å². The summed E-state index contributed by atoms with van der Waals surface area (Å²) in [6, 6.07) is 3.46. The van der Waals surface area contributed by atoms with E-state index in [1.807, 2.05) is 4.90 Å². The number of amides is 1. The van der Waals surface area contributed by atoms with Crippen LogP contribution >= 0.6 is 0 Å². The molecule has 4 nitrogen and oxygen atoms in total. The first-order valence-corrected chi connectivity index (χ1v) is 7.48. The van der Waals surface area contributed by atoms with Crippen LogP contribution in [0.25, 0.3) is 0 Å². The summed E-state index contributed by atoms with van der Waals surface area (Å²) >= 11 is 0. The predicted molar refractivity (Wildman–Crippen MR) is 72.2 cm³/mol. The molecular formula is C15H23N3O. The number of hydrogen-bond donors (Lipinski definition) is 0. The van der Waals surface area contributed by atoms with Crippen molar-refractivity contribution in [1.82, 2.24) is 9.80 Å². The Bertz CT molecular complexity index is 422. The highest BCUT2D eigenvalue weighted by Crippen LogP contribution is 2.46. The van der Waals surface area contributed by atoms with E-state index in [1.54, 1.807) is 0 Å². The molecule has 1 aliphatic carbocycles. The summed E-state index contributed by atoms with van der Waals surface area (Å²) in [4.78, 5) is 17.1. The Hall–Kier alpha value is -1.08. The summed E-state index contributed by atoms with van der Waals surface area (Å²) in [5.41, 5.74) is -0.693. The minimum atomic E-state index is -0.693. The van der Waals surface area contributed by atoms with E-state index < -0.39 is 5.41 Å². The van der Waals surface area contributed by atoms with Crippen LogP contribution in [-0.2, 0) is 4.79 Å². The third-order valence-corrected chi connectivity index (χ3v) is 5.45. The highest BCUT2D eigenvalue weighted by molar-refractivity contribution is 5.86. The molecule has 2 saturated heterocycles. The second-order valence-corrected chi connectivity index (χ2v) is 6.80. The van der Waals surface area contributed by atoms with Gasteiger partial charge in [-0.1, -0.05) is 6.92 Å². The molecule has 2 bridgehead atoms. The molecule has 0 radical (unpaired) electrons. The quantitative estimate of drug-likeness (QED) is 0.720. The minimum absolute atomic E-state index is 0.106. The summed E-state index contributed by atoms with van der Waals surface area (Å²) in [7, 11) is 2.18. The first-order valence-electron chi connectivity index (χ1n) is 7.48. The van der Waals surface area contributed by atoms with E-state index in [4.69, 9.17) is 0 Å². The standard InChI is InChI=1S/C15H23N3O/c1-11-7-15(8-11,10-16)14(19)18-6-5-12-3-4-13(9-18)17(12)2/h11-13H,3-9H2,1-2H3. The average molecular weight is 261 g/mol. The molecule has 3 fully saturated rings. The summed E-state index contributed by atoms with van der Waals surface area (Å²) in [5, 5.41) is 9.40. The lowest BCUT2D eigenvalue weighted by Crippen LogP contribution is -2.52. The lowest BCUT2D eigenvalue weighted by Gasteiger charge is -2.42. The lowest BCUT2D eigenvalue weighted by molar-refractivity contribution is -0.145. The van der Waals surface area contributed by atoms with Gasteiger partial charge in [0.05, 0.1) is 6.07 Å². The second-order valence-electron chi connectivity index (χ2n) is 6.80. The van der Waals surface area contributed by atoms with Gasteiger partial charge >= 0.3 is 0 Å². The maximum atomic E-state index is 12.7. The number of likely N-dealkylation sites (tertiary alicyclic amines) is 1. The van der Waals surface area contributed by atoms with E-state index in [1.165, 1.54) is 12.8 Å². The predicted octanol–water partition coefficient (Wildman–Crippen LogP) is 1.62. The van der Waals surface area contributed by atoms with Crippen LogP contribution in [0.2, 0.25) is 0 Å². The van der Waals surface area contributed by atoms with Gasteiger partial charge in [0.1, 0.15) is 5.41 Å². The van der Waals surface area contributed by atoms with E-state index in [2.05, 4.69) is 24.9 Å². The molecule has 0 aromatic carbocycles. The van der Waals surface area contributed by atoms with Crippen LogP contribution in [0.5, 0.6) is 0 Å². The van der Waals surface area contributed by atoms with Crippen LogP contribution in [0.4, 0.5) is 0 Å². The van der Waals surface area contributed by atoms with Gasteiger partial charge in [-0.25, -0.2) is 0 Å². The van der Waals surface area contributed by atoms with Gasteiger partial charge in [0.15, 0.2) is 0 Å². The molecule has 1 amide bonds. The largest absolute Gasteiger partial charge is 0.340 e. The third kappa shape index (κ3) is 1.95. The number of nitrogens with zero attached hydrogens (tertiary/aromatic N) is 3. The molecule has 19 heavy (non-hydrogen) atoms. The first-order chi connectivity index (χ1) is 9.05. The fourth-order valence-electron chi connectivity index (χ4n) is 4.24. The maximum Gasteiger partial charge on any atom is 0.243 e. The zero-order valence-corrected chi connectivity index (χ0v) is 11.9. The fourth-order valence-corrected chi connectivity index (χ4v) is 4.24. The van der Waals surface area contributed by atoms with Crippen molar-refractivity contribution < 1.29 is 4.79 Å². The minimum Gasteiger partial charge on any atom is -0.340 e. The summed E-state index contributed by atoms with van der Waals surface area (Å²) in [6.45, 7) is 3.78. The van der Waals surface area contributed by atoms with E-state index in [0.717, 1.165) is 32.4 Å². The molecule has 2 atom stereocenters. The van der Waals surface area contributed by atoms with Crippen molar-refractivity contribution in [2.75, 3.05) is 20.1 Å². The molecule has 0 spiro atoms. The Labute approximate surface area is 115 Å². The zero-order valence-electron chi connectivity index (χ0n) is 11.9. The second kappa shape index (κ2) is 4.49. The number of carbonyl (C=O) groups excluding carboxylic acids is 1. The van der Waals surface area contributed by atoms with E-state index in [0.29, 0.717) is 18.0 Å². The molecule has 4 heteroatoms. The van der Waals surface area contributed by atoms with Crippen LogP contribution in [0.3, 0.4) is 0 Å². The molecule has 0 aromatic rings. The van der Waals surface area contributed by atoms with Crippen molar-refractivity contribution in [3.8, 4) is 6.07 Å². The van der Waals surface area contributed by atoms with E-state index >= 15 is 0 Å². The third-order valence-electron chi connectivity index (χ3n) is 5.45. The topological polar surface area (TPSA) is 47.3 Å². The van der Waals surface area contributed by atoms with Gasteiger partial charge in [0.25, 0.3) is 0 Å². The Balaban J connectivity index is 1.73. The first kappa shape index (κ1) is 12.9. The average Bonchev–Trinajstić information content (AvgIpc) is 2.58. The SMILES string of the molecule is CC1CC(C#N)(C(=O)N2CCC3CCC(C2)N3C)C1. The number of hydrogen-bond acceptors (Lipinski definition) is 3. The van der Waals surface area contributed by atoms with Crippen molar-refractivity contribution in [3.63, 3.8) is 0 Å². The summed E-state index contributed by atoms with van der Waals surface area (Å²) in [6.07, 6.45) is 5.03. The molecule has 3 rings (SSSR count). The number of likely N-dealkylation sites (N-methyl/N-ethyl adjacent to an activating group) is 1. The molecule has 0 aromatic heterocycles. The van der Waals surface area contributed by atoms with Gasteiger partial charge in [0, 0.05) is 25.2 Å². The maximum absolute atomic E-state index is 12.7. The van der Waals surface area contributed by atoms with Crippen LogP contribution in [0.15, 0.2) is 0 Å². The van der Waals surface area contributed by atoms with Gasteiger partial charge < -0.3 is 4.90 Å². The fraction of sp³-hybridized carbons (Fsp3) is 0.867. The molecular weight excluding hydrogens is 238 g/mol. The zero-order chi connectivity index (χ0) is 13.6. The smallest absolute Gasteiger partial charge is 0.243 e. The van der Waals surface area contributed by atoms with E-state index in [9.17, 15) is 10.1 Å². The lowest BCUT2D eigenvalue weighted by atomic mass is 9.62. The summed E-state index contributed by atoms with van der Waals surface area (Å²) in [5.74, 6) is 0.628. The Morgan fingerprint density at radius 2 is 1.95 bits per heavy atom. The number of fused-ring (bicyclic) bond motifs is 2. The van der Waals surface area contributed by atoms with Crippen molar-refractivity contribution >= 4 is 5.91 Å². The molecule has 2 aliphatic heterocycles. The van der Waals surface area contributed by atoms with Gasteiger partial charge in [-0.3, -0.25) is 9.69 Å². The monoisotopic (exact) mass is 261 g/mol. The van der Waals surface area contributed by atoms with Crippen molar-refractivity contribution in [2.45, 2.75) is 51.1 Å². The van der Waals surface area contributed by atoms with Crippen LogP contribution in [0, 0.1) is 22.7 Å². The Morgan fingerprint density at radius 1 is 1.26 bits per heavy atom. The Kier molecular flexibility index (Phi) is 3.05. The van der Waals surface area contributed by atoms with Crippen LogP contribution in [0.1, 0.15) is 39.0 Å². The molecule has 2 unspecified atom stereocenters.